The monoisotopic (exact) mass is 442 g/mol. The fourth-order valence-corrected chi connectivity index (χ4v) is 4.32. The normalized spacial score (nSPS) is 19.4. The lowest BCUT2D eigenvalue weighted by Crippen LogP contribution is -2.53. The van der Waals surface area contributed by atoms with Gasteiger partial charge in [-0.25, -0.2) is 8.42 Å². The molecule has 1 aliphatic heterocycles. The van der Waals surface area contributed by atoms with Gasteiger partial charge >= 0.3 is 0 Å². The number of sulfonamides is 1. The van der Waals surface area contributed by atoms with E-state index < -0.39 is 16.1 Å². The third-order valence-electron chi connectivity index (χ3n) is 5.16. The van der Waals surface area contributed by atoms with Crippen LogP contribution in [-0.4, -0.2) is 78.0 Å². The molecule has 1 aliphatic rings. The molecule has 0 bridgehead atoms. The Morgan fingerprint density at radius 2 is 1.50 bits per heavy atom. The molecule has 1 aromatic carbocycles. The second-order valence-electron chi connectivity index (χ2n) is 7.46. The van der Waals surface area contributed by atoms with E-state index >= 15 is 0 Å². The average Bonchev–Trinajstić information content (AvgIpc) is 2.72. The molecule has 2 rings (SSSR count). The first-order chi connectivity index (χ1) is 14.3. The van der Waals surface area contributed by atoms with E-state index in [1.54, 1.807) is 29.2 Å². The third kappa shape index (κ3) is 7.63. The van der Waals surface area contributed by atoms with Crippen molar-refractivity contribution in [3.8, 4) is 0 Å². The number of amides is 1. The second kappa shape index (κ2) is 12.4. The highest BCUT2D eigenvalue weighted by Crippen LogP contribution is 2.16. The summed E-state index contributed by atoms with van der Waals surface area (Å²) in [6.07, 6.45) is 0.658. The molecule has 0 unspecified atom stereocenters. The van der Waals surface area contributed by atoms with Crippen LogP contribution in [0.4, 0.5) is 0 Å². The number of nitrogens with one attached hydrogen (secondary N) is 1. The van der Waals surface area contributed by atoms with E-state index in [-0.39, 0.29) is 16.7 Å². The first-order valence-corrected chi connectivity index (χ1v) is 11.9. The fourth-order valence-electron chi connectivity index (χ4n) is 3.02. The average molecular weight is 443 g/mol. The Labute approximate surface area is 179 Å². The van der Waals surface area contributed by atoms with Gasteiger partial charge in [0, 0.05) is 13.1 Å². The zero-order valence-electron chi connectivity index (χ0n) is 18.1. The van der Waals surface area contributed by atoms with Crippen LogP contribution in [-0.2, 0) is 29.0 Å². The van der Waals surface area contributed by atoms with Crippen LogP contribution in [0.2, 0.25) is 0 Å². The first-order valence-electron chi connectivity index (χ1n) is 10.5. The number of aryl methyl sites for hydroxylation is 1. The van der Waals surface area contributed by atoms with Gasteiger partial charge in [-0.2, -0.15) is 4.72 Å². The zero-order chi connectivity index (χ0) is 22.0. The summed E-state index contributed by atoms with van der Waals surface area (Å²) in [6, 6.07) is 5.72. The van der Waals surface area contributed by atoms with Crippen molar-refractivity contribution in [1.29, 1.82) is 0 Å². The van der Waals surface area contributed by atoms with Crippen molar-refractivity contribution in [2.75, 3.05) is 52.7 Å². The molecule has 2 atom stereocenters. The molecule has 1 fully saturated rings. The van der Waals surface area contributed by atoms with Crippen LogP contribution in [0.25, 0.3) is 0 Å². The highest BCUT2D eigenvalue weighted by Gasteiger charge is 2.32. The molecule has 1 amide bonds. The van der Waals surface area contributed by atoms with E-state index in [1.165, 1.54) is 0 Å². The Morgan fingerprint density at radius 3 is 2.00 bits per heavy atom. The van der Waals surface area contributed by atoms with E-state index in [0.717, 1.165) is 5.56 Å². The quantitative estimate of drug-likeness (QED) is 0.719. The summed E-state index contributed by atoms with van der Waals surface area (Å²) >= 11 is 0. The van der Waals surface area contributed by atoms with Crippen molar-refractivity contribution in [3.05, 3.63) is 29.8 Å². The van der Waals surface area contributed by atoms with Gasteiger partial charge in [0.25, 0.3) is 0 Å². The molecule has 170 valence electrons. The van der Waals surface area contributed by atoms with Crippen molar-refractivity contribution < 1.29 is 27.4 Å². The number of carbonyl (C=O) groups is 1. The van der Waals surface area contributed by atoms with Gasteiger partial charge in [0.1, 0.15) is 6.04 Å². The molecule has 0 saturated carbocycles. The Morgan fingerprint density at radius 1 is 1.00 bits per heavy atom. The molecule has 30 heavy (non-hydrogen) atoms. The predicted octanol–water partition coefficient (Wildman–Crippen LogP) is 1.58. The summed E-state index contributed by atoms with van der Waals surface area (Å²) in [5.74, 6) is -0.435. The van der Waals surface area contributed by atoms with Gasteiger partial charge < -0.3 is 19.1 Å². The van der Waals surface area contributed by atoms with Crippen LogP contribution < -0.4 is 4.72 Å². The molecule has 1 aromatic rings. The van der Waals surface area contributed by atoms with Gasteiger partial charge in [0.15, 0.2) is 0 Å². The van der Waals surface area contributed by atoms with Crippen molar-refractivity contribution in [2.24, 2.45) is 5.92 Å². The van der Waals surface area contributed by atoms with Crippen LogP contribution in [0.1, 0.15) is 25.8 Å². The lowest BCUT2D eigenvalue weighted by atomic mass is 9.99. The Hall–Kier alpha value is -1.52. The molecular weight excluding hydrogens is 408 g/mol. The van der Waals surface area contributed by atoms with Gasteiger partial charge in [-0.3, -0.25) is 4.79 Å². The number of nitrogens with zero attached hydrogens (tertiary/aromatic N) is 1. The van der Waals surface area contributed by atoms with E-state index in [1.807, 2.05) is 20.8 Å². The molecule has 0 aromatic heterocycles. The highest BCUT2D eigenvalue weighted by molar-refractivity contribution is 7.89. The van der Waals surface area contributed by atoms with Crippen molar-refractivity contribution in [2.45, 2.75) is 38.1 Å². The summed E-state index contributed by atoms with van der Waals surface area (Å²) in [7, 11) is -3.83. The minimum absolute atomic E-state index is 0.148. The number of hydrogen-bond donors (Lipinski definition) is 1. The Balaban J connectivity index is 2.16. The summed E-state index contributed by atoms with van der Waals surface area (Å²) in [4.78, 5) is 15.1. The van der Waals surface area contributed by atoms with Crippen LogP contribution >= 0.6 is 0 Å². The molecule has 0 radical (unpaired) electrons. The maximum atomic E-state index is 13.3. The lowest BCUT2D eigenvalue weighted by molar-refractivity contribution is -0.136. The van der Waals surface area contributed by atoms with Crippen LogP contribution in [0.5, 0.6) is 0 Å². The van der Waals surface area contributed by atoms with Crippen molar-refractivity contribution >= 4 is 15.9 Å². The van der Waals surface area contributed by atoms with Crippen LogP contribution in [0, 0.1) is 12.8 Å². The largest absolute Gasteiger partial charge is 0.377 e. The van der Waals surface area contributed by atoms with Gasteiger partial charge in [-0.15, -0.1) is 0 Å². The maximum Gasteiger partial charge on any atom is 0.241 e. The van der Waals surface area contributed by atoms with Crippen LogP contribution in [0.3, 0.4) is 0 Å². The van der Waals surface area contributed by atoms with E-state index in [2.05, 4.69) is 4.72 Å². The molecule has 8 nitrogen and oxygen atoms in total. The lowest BCUT2D eigenvalue weighted by Gasteiger charge is -2.31. The molecule has 1 heterocycles. The van der Waals surface area contributed by atoms with E-state index in [0.29, 0.717) is 59.2 Å². The van der Waals surface area contributed by atoms with E-state index in [4.69, 9.17) is 14.2 Å². The second-order valence-corrected chi connectivity index (χ2v) is 9.17. The standard InChI is InChI=1S/C21H34N2O6S/c1-4-18(3)20(22-30(25,26)19-7-5-17(2)6-8-19)21(24)23-9-11-27-13-15-29-16-14-28-12-10-23/h5-8,18,20,22H,4,9-16H2,1-3H3/t18-,20+/m0/s1. The van der Waals surface area contributed by atoms with Crippen molar-refractivity contribution in [3.63, 3.8) is 0 Å². The van der Waals surface area contributed by atoms with Crippen molar-refractivity contribution in [1.82, 2.24) is 9.62 Å². The number of rotatable bonds is 6. The first kappa shape index (κ1) is 24.7. The third-order valence-corrected chi connectivity index (χ3v) is 6.62. The molecule has 0 aliphatic carbocycles. The SMILES string of the molecule is CC[C@H](C)[C@@H](NS(=O)(=O)c1ccc(C)cc1)C(=O)N1CCOCCOCCOCC1. The topological polar surface area (TPSA) is 94.2 Å². The van der Waals surface area contributed by atoms with E-state index in [9.17, 15) is 13.2 Å². The minimum atomic E-state index is -3.83. The number of carbonyl (C=O) groups excluding carboxylic acids is 1. The zero-order valence-corrected chi connectivity index (χ0v) is 18.9. The summed E-state index contributed by atoms with van der Waals surface area (Å²) < 4.78 is 44.9. The van der Waals surface area contributed by atoms with Gasteiger partial charge in [-0.05, 0) is 25.0 Å². The summed E-state index contributed by atoms with van der Waals surface area (Å²) in [6.45, 7) is 8.97. The number of benzene rings is 1. The summed E-state index contributed by atoms with van der Waals surface area (Å²) in [5, 5.41) is 0. The minimum Gasteiger partial charge on any atom is -0.377 e. The number of hydrogen-bond acceptors (Lipinski definition) is 6. The summed E-state index contributed by atoms with van der Waals surface area (Å²) in [5.41, 5.74) is 0.966. The molecule has 1 saturated heterocycles. The molecule has 9 heteroatoms. The van der Waals surface area contributed by atoms with Gasteiger partial charge in [0.05, 0.1) is 44.5 Å². The molecule has 0 spiro atoms. The van der Waals surface area contributed by atoms with Gasteiger partial charge in [-0.1, -0.05) is 38.0 Å². The molecule has 1 N–H and O–H groups in total. The molecular formula is C21H34N2O6S. The highest BCUT2D eigenvalue weighted by atomic mass is 32.2. The Kier molecular flexibility index (Phi) is 10.2. The Bertz CT molecular complexity index is 741. The predicted molar refractivity (Wildman–Crippen MR) is 114 cm³/mol. The smallest absolute Gasteiger partial charge is 0.241 e. The van der Waals surface area contributed by atoms with Gasteiger partial charge in [0.2, 0.25) is 15.9 Å². The fraction of sp³-hybridized carbons (Fsp3) is 0.667. The maximum absolute atomic E-state index is 13.3. The number of ether oxygens (including phenoxy) is 3. The van der Waals surface area contributed by atoms with Crippen LogP contribution in [0.15, 0.2) is 29.2 Å².